The maximum absolute atomic E-state index is 14.0. The molecule has 0 saturated heterocycles. The van der Waals surface area contributed by atoms with Crippen LogP contribution in [0.2, 0.25) is 0 Å². The molecule has 1 aromatic heterocycles. The second-order valence-corrected chi connectivity index (χ2v) is 5.59. The van der Waals surface area contributed by atoms with Crippen molar-refractivity contribution in [1.82, 2.24) is 9.97 Å². The molecule has 0 amide bonds. The van der Waals surface area contributed by atoms with E-state index in [1.165, 1.54) is 6.20 Å². The summed E-state index contributed by atoms with van der Waals surface area (Å²) in [4.78, 5) is 6.05. The molecular formula is C15H8F11N2. The summed E-state index contributed by atoms with van der Waals surface area (Å²) in [7, 11) is 0. The predicted octanol–water partition coefficient (Wildman–Crippen LogP) is 5.48. The van der Waals surface area contributed by atoms with Crippen LogP contribution in [0.15, 0.2) is 30.5 Å². The summed E-state index contributed by atoms with van der Waals surface area (Å²) in [6.07, 6.45) is 3.49. The Morgan fingerprint density at radius 3 is 1.75 bits per heavy atom. The molecule has 13 heteroatoms. The van der Waals surface area contributed by atoms with Crippen molar-refractivity contribution in [2.24, 2.45) is 0 Å². The second-order valence-electron chi connectivity index (χ2n) is 5.59. The number of halogens is 11. The molecule has 1 heterocycles. The zero-order chi connectivity index (χ0) is 21.6. The highest BCUT2D eigenvalue weighted by atomic mass is 19.4. The SMILES string of the molecule is FCC(F)(F)C(F)(F)C(F)(F)C(F)(F)C(F)(F)c1ccc(-c2n[c]c[nH]2)cc1. The zero-order valence-corrected chi connectivity index (χ0v) is 13.2. The van der Waals surface area contributed by atoms with Crippen molar-refractivity contribution in [2.75, 3.05) is 6.67 Å². The van der Waals surface area contributed by atoms with Crippen LogP contribution in [0.5, 0.6) is 0 Å². The number of nitrogens with zero attached hydrogens (tertiary/aromatic N) is 1. The van der Waals surface area contributed by atoms with Crippen LogP contribution in [-0.4, -0.2) is 40.3 Å². The van der Waals surface area contributed by atoms with E-state index in [0.717, 1.165) is 12.1 Å². The van der Waals surface area contributed by atoms with Crippen molar-refractivity contribution in [3.63, 3.8) is 0 Å². The van der Waals surface area contributed by atoms with E-state index in [2.05, 4.69) is 16.2 Å². The average Bonchev–Trinajstić information content (AvgIpc) is 3.15. The molecule has 155 valence electrons. The molecular weight excluding hydrogens is 417 g/mol. The molecule has 0 aliphatic rings. The highest BCUT2D eigenvalue weighted by Crippen LogP contribution is 2.59. The standard InChI is InChI=1S/C15H8F11N2/c16-7-11(17,18)13(21,22)15(25,26)14(23,24)12(19,20)9-3-1-8(2-4-9)10-27-5-6-28-10/h1-5H,7H2,(H,27,28). The molecule has 0 aliphatic carbocycles. The van der Waals surface area contributed by atoms with Crippen molar-refractivity contribution < 1.29 is 48.3 Å². The number of nitrogens with one attached hydrogen (secondary N) is 1. The molecule has 0 saturated carbocycles. The van der Waals surface area contributed by atoms with E-state index >= 15 is 0 Å². The molecule has 2 aromatic rings. The largest absolute Gasteiger partial charge is 0.384 e. The van der Waals surface area contributed by atoms with Crippen LogP contribution in [0.4, 0.5) is 48.3 Å². The van der Waals surface area contributed by atoms with Crippen LogP contribution in [0.1, 0.15) is 5.56 Å². The quantitative estimate of drug-likeness (QED) is 0.585. The van der Waals surface area contributed by atoms with E-state index in [1.807, 2.05) is 0 Å². The lowest BCUT2D eigenvalue weighted by Crippen LogP contribution is -2.66. The van der Waals surface area contributed by atoms with E-state index in [9.17, 15) is 48.3 Å². The molecule has 0 aliphatic heterocycles. The van der Waals surface area contributed by atoms with Gasteiger partial charge in [-0.3, -0.25) is 0 Å². The monoisotopic (exact) mass is 425 g/mol. The Hall–Kier alpha value is -2.34. The Labute approximate surface area is 149 Å². The number of H-pyrrole nitrogens is 1. The lowest BCUT2D eigenvalue weighted by Gasteiger charge is -2.38. The third kappa shape index (κ3) is 3.00. The molecule has 0 atom stereocenters. The lowest BCUT2D eigenvalue weighted by molar-refractivity contribution is -0.405. The van der Waals surface area contributed by atoms with E-state index in [-0.39, 0.29) is 23.5 Å². The molecule has 28 heavy (non-hydrogen) atoms. The van der Waals surface area contributed by atoms with E-state index in [4.69, 9.17) is 0 Å². The number of imidazole rings is 1. The zero-order valence-electron chi connectivity index (χ0n) is 13.2. The molecule has 0 spiro atoms. The first kappa shape index (κ1) is 22.0. The maximum Gasteiger partial charge on any atom is 0.384 e. The molecule has 2 rings (SSSR count). The number of aromatic amines is 1. The lowest BCUT2D eigenvalue weighted by atomic mass is 9.91. The van der Waals surface area contributed by atoms with Crippen LogP contribution in [0.3, 0.4) is 0 Å². The smallest absolute Gasteiger partial charge is 0.344 e. The van der Waals surface area contributed by atoms with Gasteiger partial charge in [0.2, 0.25) is 0 Å². The van der Waals surface area contributed by atoms with Gasteiger partial charge in [-0.15, -0.1) is 0 Å². The minimum atomic E-state index is -7.30. The maximum atomic E-state index is 14.0. The fraction of sp³-hybridized carbons (Fsp3) is 0.400. The van der Waals surface area contributed by atoms with Crippen LogP contribution in [0, 0.1) is 6.20 Å². The predicted molar refractivity (Wildman–Crippen MR) is 72.5 cm³/mol. The van der Waals surface area contributed by atoms with Gasteiger partial charge in [0.05, 0.1) is 0 Å². The normalized spacial score (nSPS) is 14.4. The summed E-state index contributed by atoms with van der Waals surface area (Å²) >= 11 is 0. The molecule has 0 unspecified atom stereocenters. The first-order valence-electron chi connectivity index (χ1n) is 7.11. The molecule has 1 radical (unpaired) electrons. The Balaban J connectivity index is 2.47. The first-order valence-corrected chi connectivity index (χ1v) is 7.11. The number of aromatic nitrogens is 2. The van der Waals surface area contributed by atoms with Gasteiger partial charge in [0.15, 0.2) is 6.67 Å². The summed E-state index contributed by atoms with van der Waals surface area (Å²) in [6, 6.07) is 1.84. The van der Waals surface area contributed by atoms with Crippen LogP contribution < -0.4 is 0 Å². The van der Waals surface area contributed by atoms with Crippen LogP contribution in [0.25, 0.3) is 11.4 Å². The minimum Gasteiger partial charge on any atom is -0.344 e. The summed E-state index contributed by atoms with van der Waals surface area (Å²) < 4.78 is 146. The van der Waals surface area contributed by atoms with E-state index in [1.54, 1.807) is 0 Å². The van der Waals surface area contributed by atoms with Gasteiger partial charge in [0.1, 0.15) is 12.0 Å². The van der Waals surface area contributed by atoms with Gasteiger partial charge in [0, 0.05) is 17.3 Å². The van der Waals surface area contributed by atoms with Gasteiger partial charge in [0.25, 0.3) is 0 Å². The number of alkyl halides is 11. The van der Waals surface area contributed by atoms with Crippen molar-refractivity contribution in [3.8, 4) is 11.4 Å². The van der Waals surface area contributed by atoms with Gasteiger partial charge in [-0.1, -0.05) is 24.3 Å². The summed E-state index contributed by atoms with van der Waals surface area (Å²) in [6.45, 7) is -3.47. The van der Waals surface area contributed by atoms with Crippen LogP contribution >= 0.6 is 0 Å². The highest BCUT2D eigenvalue weighted by molar-refractivity contribution is 5.55. The van der Waals surface area contributed by atoms with E-state index < -0.39 is 41.9 Å². The van der Waals surface area contributed by atoms with Gasteiger partial charge in [-0.2, -0.15) is 43.9 Å². The Kier molecular flexibility index (Phi) is 5.19. The summed E-state index contributed by atoms with van der Waals surface area (Å²) in [5.41, 5.74) is -1.85. The Morgan fingerprint density at radius 2 is 1.32 bits per heavy atom. The molecule has 1 aromatic carbocycles. The van der Waals surface area contributed by atoms with Crippen LogP contribution in [-0.2, 0) is 5.92 Å². The number of rotatable bonds is 7. The second kappa shape index (κ2) is 6.62. The van der Waals surface area contributed by atoms with Crippen molar-refractivity contribution in [3.05, 3.63) is 42.2 Å². The Morgan fingerprint density at radius 1 is 0.786 bits per heavy atom. The fourth-order valence-corrected chi connectivity index (χ4v) is 2.10. The van der Waals surface area contributed by atoms with Gasteiger partial charge < -0.3 is 4.98 Å². The molecule has 1 N–H and O–H groups in total. The van der Waals surface area contributed by atoms with Gasteiger partial charge in [-0.05, 0) is 0 Å². The highest BCUT2D eigenvalue weighted by Gasteiger charge is 2.86. The van der Waals surface area contributed by atoms with Gasteiger partial charge in [-0.25, -0.2) is 9.37 Å². The minimum absolute atomic E-state index is 0.0187. The first-order chi connectivity index (χ1) is 12.6. The van der Waals surface area contributed by atoms with Crippen molar-refractivity contribution >= 4 is 0 Å². The van der Waals surface area contributed by atoms with Crippen molar-refractivity contribution in [2.45, 2.75) is 29.6 Å². The molecule has 0 bridgehead atoms. The number of hydrogen-bond acceptors (Lipinski definition) is 1. The molecule has 0 fully saturated rings. The number of benzene rings is 1. The summed E-state index contributed by atoms with van der Waals surface area (Å²) in [5.74, 6) is -33.7. The average molecular weight is 425 g/mol. The number of hydrogen-bond donors (Lipinski definition) is 1. The fourth-order valence-electron chi connectivity index (χ4n) is 2.10. The third-order valence-electron chi connectivity index (χ3n) is 3.78. The molecule has 2 nitrogen and oxygen atoms in total. The van der Waals surface area contributed by atoms with Crippen molar-refractivity contribution in [1.29, 1.82) is 0 Å². The van der Waals surface area contributed by atoms with Gasteiger partial charge >= 0.3 is 29.6 Å². The Bertz CT molecular complexity index is 798. The summed E-state index contributed by atoms with van der Waals surface area (Å²) in [5, 5.41) is 0. The van der Waals surface area contributed by atoms with E-state index in [0.29, 0.717) is 0 Å². The third-order valence-corrected chi connectivity index (χ3v) is 3.78. The topological polar surface area (TPSA) is 28.7 Å².